The Kier molecular flexibility index (Phi) is 3.41. The standard InChI is InChI=1S/C13H11F2N3O/c1-7-2-8(6-17-5-7)13(19)18-12-10(15)3-9(14)4-11(12)16/h2-6H,16H2,1H3,(H,18,19). The number of anilines is 2. The average molecular weight is 263 g/mol. The highest BCUT2D eigenvalue weighted by molar-refractivity contribution is 6.05. The van der Waals surface area contributed by atoms with Gasteiger partial charge in [-0.15, -0.1) is 0 Å². The Hall–Kier alpha value is -2.50. The van der Waals surface area contributed by atoms with E-state index < -0.39 is 17.5 Å². The van der Waals surface area contributed by atoms with Crippen molar-refractivity contribution in [2.24, 2.45) is 0 Å². The fourth-order valence-corrected chi connectivity index (χ4v) is 1.59. The van der Waals surface area contributed by atoms with Crippen molar-refractivity contribution in [1.82, 2.24) is 4.98 Å². The van der Waals surface area contributed by atoms with Crippen LogP contribution in [-0.4, -0.2) is 10.9 Å². The number of benzene rings is 1. The van der Waals surface area contributed by atoms with Crippen LogP contribution in [-0.2, 0) is 0 Å². The molecule has 0 spiro atoms. The number of hydrogen-bond acceptors (Lipinski definition) is 3. The summed E-state index contributed by atoms with van der Waals surface area (Å²) in [6, 6.07) is 3.19. The van der Waals surface area contributed by atoms with Gasteiger partial charge in [0.15, 0.2) is 5.82 Å². The maximum absolute atomic E-state index is 13.5. The van der Waals surface area contributed by atoms with Gasteiger partial charge in [-0.05, 0) is 24.6 Å². The van der Waals surface area contributed by atoms with E-state index in [1.807, 2.05) is 0 Å². The van der Waals surface area contributed by atoms with E-state index in [1.165, 1.54) is 6.20 Å². The van der Waals surface area contributed by atoms with Crippen molar-refractivity contribution in [3.8, 4) is 0 Å². The van der Waals surface area contributed by atoms with E-state index in [1.54, 1.807) is 19.2 Å². The monoisotopic (exact) mass is 263 g/mol. The molecule has 1 amide bonds. The minimum atomic E-state index is -0.925. The van der Waals surface area contributed by atoms with Gasteiger partial charge in [0, 0.05) is 18.5 Å². The van der Waals surface area contributed by atoms with E-state index in [0.29, 0.717) is 6.07 Å². The molecule has 0 fully saturated rings. The van der Waals surface area contributed by atoms with Crippen LogP contribution in [0, 0.1) is 18.6 Å². The average Bonchev–Trinajstić information content (AvgIpc) is 2.33. The first-order valence-corrected chi connectivity index (χ1v) is 5.45. The lowest BCUT2D eigenvalue weighted by atomic mass is 10.2. The number of amides is 1. The summed E-state index contributed by atoms with van der Waals surface area (Å²) in [4.78, 5) is 15.7. The van der Waals surface area contributed by atoms with Gasteiger partial charge in [0.25, 0.3) is 5.91 Å². The van der Waals surface area contributed by atoms with Gasteiger partial charge in [0.2, 0.25) is 0 Å². The van der Waals surface area contributed by atoms with Gasteiger partial charge in [0.1, 0.15) is 11.5 Å². The number of aryl methyl sites for hydroxylation is 1. The zero-order valence-corrected chi connectivity index (χ0v) is 10.1. The van der Waals surface area contributed by atoms with Gasteiger partial charge in [-0.1, -0.05) is 0 Å². The van der Waals surface area contributed by atoms with Crippen molar-refractivity contribution in [2.75, 3.05) is 11.1 Å². The van der Waals surface area contributed by atoms with E-state index in [0.717, 1.165) is 11.6 Å². The molecule has 0 bridgehead atoms. The number of pyridine rings is 1. The molecule has 0 aliphatic heterocycles. The SMILES string of the molecule is Cc1cncc(C(=O)Nc2c(N)cc(F)cc2F)c1. The fourth-order valence-electron chi connectivity index (χ4n) is 1.59. The Balaban J connectivity index is 2.29. The first-order chi connectivity index (χ1) is 8.97. The molecule has 0 aliphatic carbocycles. The summed E-state index contributed by atoms with van der Waals surface area (Å²) in [5.41, 5.74) is 6.11. The van der Waals surface area contributed by atoms with Gasteiger partial charge < -0.3 is 11.1 Å². The number of nitrogens with one attached hydrogen (secondary N) is 1. The normalized spacial score (nSPS) is 10.3. The van der Waals surface area contributed by atoms with Crippen LogP contribution in [0.4, 0.5) is 20.2 Å². The number of nitrogens with two attached hydrogens (primary N) is 1. The molecule has 0 aliphatic rings. The third kappa shape index (κ3) is 2.85. The van der Waals surface area contributed by atoms with Crippen LogP contribution in [0.1, 0.15) is 15.9 Å². The zero-order chi connectivity index (χ0) is 14.0. The Labute approximate surface area is 108 Å². The van der Waals surface area contributed by atoms with Gasteiger partial charge >= 0.3 is 0 Å². The van der Waals surface area contributed by atoms with Crippen molar-refractivity contribution in [3.05, 3.63) is 53.4 Å². The van der Waals surface area contributed by atoms with E-state index in [-0.39, 0.29) is 16.9 Å². The molecule has 0 radical (unpaired) electrons. The molecule has 6 heteroatoms. The van der Waals surface area contributed by atoms with Gasteiger partial charge in [-0.25, -0.2) is 8.78 Å². The van der Waals surface area contributed by atoms with E-state index in [2.05, 4.69) is 10.3 Å². The van der Waals surface area contributed by atoms with Crippen molar-refractivity contribution in [3.63, 3.8) is 0 Å². The molecule has 0 unspecified atom stereocenters. The predicted octanol–water partition coefficient (Wildman–Crippen LogP) is 2.50. The number of nitrogen functional groups attached to an aromatic ring is 1. The largest absolute Gasteiger partial charge is 0.397 e. The third-order valence-electron chi connectivity index (χ3n) is 2.46. The first-order valence-electron chi connectivity index (χ1n) is 5.45. The molecule has 0 saturated heterocycles. The number of hydrogen-bond donors (Lipinski definition) is 2. The summed E-state index contributed by atoms with van der Waals surface area (Å²) in [6.07, 6.45) is 2.93. The summed E-state index contributed by atoms with van der Waals surface area (Å²) in [7, 11) is 0. The fraction of sp³-hybridized carbons (Fsp3) is 0.0769. The number of nitrogens with zero attached hydrogens (tertiary/aromatic N) is 1. The van der Waals surface area contributed by atoms with Gasteiger partial charge in [-0.3, -0.25) is 9.78 Å². The second-order valence-electron chi connectivity index (χ2n) is 4.06. The second kappa shape index (κ2) is 5.01. The first kappa shape index (κ1) is 12.9. The highest BCUT2D eigenvalue weighted by Gasteiger charge is 2.14. The highest BCUT2D eigenvalue weighted by atomic mass is 19.1. The molecule has 3 N–H and O–H groups in total. The smallest absolute Gasteiger partial charge is 0.257 e. The lowest BCUT2D eigenvalue weighted by Crippen LogP contribution is -2.15. The van der Waals surface area contributed by atoms with E-state index in [4.69, 9.17) is 5.73 Å². The number of rotatable bonds is 2. The van der Waals surface area contributed by atoms with Crippen molar-refractivity contribution in [1.29, 1.82) is 0 Å². The molecule has 1 heterocycles. The van der Waals surface area contributed by atoms with Crippen molar-refractivity contribution < 1.29 is 13.6 Å². The quantitative estimate of drug-likeness (QED) is 0.818. The number of aromatic nitrogens is 1. The molecule has 0 atom stereocenters. The molecule has 4 nitrogen and oxygen atoms in total. The lowest BCUT2D eigenvalue weighted by Gasteiger charge is -2.09. The van der Waals surface area contributed by atoms with Crippen LogP contribution in [0.25, 0.3) is 0 Å². The van der Waals surface area contributed by atoms with Gasteiger partial charge in [-0.2, -0.15) is 0 Å². The maximum atomic E-state index is 13.5. The summed E-state index contributed by atoms with van der Waals surface area (Å²) in [5, 5.41) is 2.30. The minimum Gasteiger partial charge on any atom is -0.397 e. The molecule has 0 saturated carbocycles. The lowest BCUT2D eigenvalue weighted by molar-refractivity contribution is 0.102. The molecular formula is C13H11F2N3O. The molecular weight excluding hydrogens is 252 g/mol. The summed E-state index contributed by atoms with van der Waals surface area (Å²) >= 11 is 0. The predicted molar refractivity (Wildman–Crippen MR) is 67.7 cm³/mol. The van der Waals surface area contributed by atoms with Crippen molar-refractivity contribution >= 4 is 17.3 Å². The minimum absolute atomic E-state index is 0.175. The molecule has 1 aromatic heterocycles. The molecule has 98 valence electrons. The van der Waals surface area contributed by atoms with Crippen LogP contribution in [0.3, 0.4) is 0 Å². The van der Waals surface area contributed by atoms with Crippen LogP contribution < -0.4 is 11.1 Å². The Morgan fingerprint density at radius 3 is 2.63 bits per heavy atom. The maximum Gasteiger partial charge on any atom is 0.257 e. The summed E-state index contributed by atoms with van der Waals surface area (Å²) in [5.74, 6) is -2.29. The van der Waals surface area contributed by atoms with Crippen LogP contribution in [0.15, 0.2) is 30.6 Å². The van der Waals surface area contributed by atoms with Crippen molar-refractivity contribution in [2.45, 2.75) is 6.92 Å². The highest BCUT2D eigenvalue weighted by Crippen LogP contribution is 2.24. The zero-order valence-electron chi connectivity index (χ0n) is 10.1. The molecule has 2 rings (SSSR count). The summed E-state index contributed by atoms with van der Waals surface area (Å²) < 4.78 is 26.4. The van der Waals surface area contributed by atoms with Crippen LogP contribution in [0.5, 0.6) is 0 Å². The van der Waals surface area contributed by atoms with E-state index in [9.17, 15) is 13.6 Å². The number of halogens is 2. The Morgan fingerprint density at radius 1 is 1.26 bits per heavy atom. The van der Waals surface area contributed by atoms with Crippen LogP contribution in [0.2, 0.25) is 0 Å². The molecule has 1 aromatic carbocycles. The topological polar surface area (TPSA) is 68.0 Å². The van der Waals surface area contributed by atoms with Gasteiger partial charge in [0.05, 0.1) is 11.3 Å². The van der Waals surface area contributed by atoms with Crippen LogP contribution >= 0.6 is 0 Å². The summed E-state index contributed by atoms with van der Waals surface area (Å²) in [6.45, 7) is 1.77. The van der Waals surface area contributed by atoms with E-state index >= 15 is 0 Å². The number of carbonyl (C=O) groups is 1. The third-order valence-corrected chi connectivity index (χ3v) is 2.46. The molecule has 2 aromatic rings. The number of carbonyl (C=O) groups excluding carboxylic acids is 1. The Bertz CT molecular complexity index is 621. The molecule has 19 heavy (non-hydrogen) atoms. The Morgan fingerprint density at radius 2 is 2.00 bits per heavy atom. The second-order valence-corrected chi connectivity index (χ2v) is 4.06.